The Hall–Kier alpha value is -1.36. The van der Waals surface area contributed by atoms with Gasteiger partial charge in [-0.1, -0.05) is 0 Å². The van der Waals surface area contributed by atoms with Gasteiger partial charge in [0.2, 0.25) is 0 Å². The maximum absolute atomic E-state index is 11.6. The molecule has 1 N–H and O–H groups in total. The summed E-state index contributed by atoms with van der Waals surface area (Å²) in [6, 6.07) is 1.63. The zero-order valence-electron chi connectivity index (χ0n) is 10.3. The van der Waals surface area contributed by atoms with E-state index in [1.165, 1.54) is 0 Å². The van der Waals surface area contributed by atoms with Crippen LogP contribution in [0, 0.1) is 13.8 Å². The molecule has 0 aromatic carbocycles. The Morgan fingerprint density at radius 2 is 2.31 bits per heavy atom. The van der Waals surface area contributed by atoms with E-state index in [4.69, 9.17) is 4.74 Å². The van der Waals surface area contributed by atoms with E-state index in [0.717, 1.165) is 11.4 Å². The molecule has 1 aromatic heterocycles. The second kappa shape index (κ2) is 5.65. The highest BCUT2D eigenvalue weighted by Crippen LogP contribution is 2.03. The SMILES string of the molecule is CCOC(=O)C(Cn1nc(C)cc1C)NC. The summed E-state index contributed by atoms with van der Waals surface area (Å²) in [5.74, 6) is -0.238. The number of rotatable bonds is 5. The van der Waals surface area contributed by atoms with Crippen molar-refractivity contribution in [3.63, 3.8) is 0 Å². The van der Waals surface area contributed by atoms with Crippen LogP contribution in [0.5, 0.6) is 0 Å². The molecule has 1 rings (SSSR count). The molecule has 5 nitrogen and oxygen atoms in total. The molecule has 1 unspecified atom stereocenters. The maximum Gasteiger partial charge on any atom is 0.325 e. The fourth-order valence-electron chi connectivity index (χ4n) is 1.56. The molecule has 0 radical (unpaired) electrons. The minimum Gasteiger partial charge on any atom is -0.465 e. The molecule has 16 heavy (non-hydrogen) atoms. The lowest BCUT2D eigenvalue weighted by atomic mass is 10.3. The summed E-state index contributed by atoms with van der Waals surface area (Å²) >= 11 is 0. The molecule has 0 saturated heterocycles. The Labute approximate surface area is 95.8 Å². The summed E-state index contributed by atoms with van der Waals surface area (Å²) < 4.78 is 6.78. The van der Waals surface area contributed by atoms with E-state index in [1.807, 2.05) is 24.6 Å². The van der Waals surface area contributed by atoms with Crippen LogP contribution < -0.4 is 5.32 Å². The average Bonchev–Trinajstić information content (AvgIpc) is 2.54. The zero-order chi connectivity index (χ0) is 12.1. The topological polar surface area (TPSA) is 56.2 Å². The van der Waals surface area contributed by atoms with Crippen LogP contribution in [0.15, 0.2) is 6.07 Å². The van der Waals surface area contributed by atoms with Gasteiger partial charge in [0.05, 0.1) is 18.8 Å². The maximum atomic E-state index is 11.6. The summed E-state index contributed by atoms with van der Waals surface area (Å²) in [5.41, 5.74) is 2.00. The van der Waals surface area contributed by atoms with Crippen molar-refractivity contribution in [3.8, 4) is 0 Å². The fraction of sp³-hybridized carbons (Fsp3) is 0.636. The molecule has 0 aliphatic rings. The lowest BCUT2D eigenvalue weighted by Crippen LogP contribution is -2.39. The van der Waals surface area contributed by atoms with Crippen molar-refractivity contribution < 1.29 is 9.53 Å². The average molecular weight is 225 g/mol. The Kier molecular flexibility index (Phi) is 4.49. The summed E-state index contributed by atoms with van der Waals surface area (Å²) in [7, 11) is 1.74. The van der Waals surface area contributed by atoms with Gasteiger partial charge in [0.15, 0.2) is 0 Å². The third-order valence-corrected chi connectivity index (χ3v) is 2.38. The van der Waals surface area contributed by atoms with E-state index in [9.17, 15) is 4.79 Å². The van der Waals surface area contributed by atoms with E-state index in [0.29, 0.717) is 13.2 Å². The number of ether oxygens (including phenoxy) is 1. The van der Waals surface area contributed by atoms with Gasteiger partial charge in [0.25, 0.3) is 0 Å². The number of hydrogen-bond acceptors (Lipinski definition) is 4. The Bertz CT molecular complexity index is 360. The van der Waals surface area contributed by atoms with Crippen molar-refractivity contribution in [2.24, 2.45) is 0 Å². The largest absolute Gasteiger partial charge is 0.465 e. The molecule has 0 amide bonds. The lowest BCUT2D eigenvalue weighted by Gasteiger charge is -2.15. The summed E-state index contributed by atoms with van der Waals surface area (Å²) in [6.07, 6.45) is 0. The van der Waals surface area contributed by atoms with Crippen molar-refractivity contribution in [1.82, 2.24) is 15.1 Å². The van der Waals surface area contributed by atoms with Gasteiger partial charge in [0.1, 0.15) is 6.04 Å². The van der Waals surface area contributed by atoms with Crippen LogP contribution in [-0.2, 0) is 16.1 Å². The smallest absolute Gasteiger partial charge is 0.325 e. The number of esters is 1. The number of carbonyl (C=O) groups excluding carboxylic acids is 1. The molecule has 0 aliphatic carbocycles. The second-order valence-corrected chi connectivity index (χ2v) is 3.70. The van der Waals surface area contributed by atoms with Gasteiger partial charge in [0, 0.05) is 5.69 Å². The Morgan fingerprint density at radius 1 is 1.62 bits per heavy atom. The number of carbonyl (C=O) groups is 1. The van der Waals surface area contributed by atoms with Gasteiger partial charge < -0.3 is 10.1 Å². The van der Waals surface area contributed by atoms with Crippen LogP contribution in [0.2, 0.25) is 0 Å². The van der Waals surface area contributed by atoms with Crippen LogP contribution in [0.3, 0.4) is 0 Å². The Morgan fingerprint density at radius 3 is 2.75 bits per heavy atom. The van der Waals surface area contributed by atoms with Gasteiger partial charge in [-0.15, -0.1) is 0 Å². The molecule has 5 heteroatoms. The van der Waals surface area contributed by atoms with Crippen molar-refractivity contribution in [1.29, 1.82) is 0 Å². The van der Waals surface area contributed by atoms with Crippen LogP contribution in [0.25, 0.3) is 0 Å². The van der Waals surface area contributed by atoms with Crippen LogP contribution >= 0.6 is 0 Å². The zero-order valence-corrected chi connectivity index (χ0v) is 10.3. The first-order valence-electron chi connectivity index (χ1n) is 5.43. The lowest BCUT2D eigenvalue weighted by molar-refractivity contribution is -0.145. The molecule has 0 aliphatic heterocycles. The number of aryl methyl sites for hydroxylation is 2. The summed E-state index contributed by atoms with van der Waals surface area (Å²) in [6.45, 7) is 6.59. The van der Waals surface area contributed by atoms with E-state index in [2.05, 4.69) is 10.4 Å². The molecule has 0 bridgehead atoms. The summed E-state index contributed by atoms with van der Waals surface area (Å²) in [4.78, 5) is 11.6. The monoisotopic (exact) mass is 225 g/mol. The van der Waals surface area contributed by atoms with Gasteiger partial charge >= 0.3 is 5.97 Å². The minimum absolute atomic E-state index is 0.238. The predicted octanol–water partition coefficient (Wildman–Crippen LogP) is 0.651. The van der Waals surface area contributed by atoms with Crippen molar-refractivity contribution in [2.75, 3.05) is 13.7 Å². The van der Waals surface area contributed by atoms with E-state index < -0.39 is 0 Å². The first-order valence-corrected chi connectivity index (χ1v) is 5.43. The van der Waals surface area contributed by atoms with Crippen molar-refractivity contribution in [2.45, 2.75) is 33.4 Å². The van der Waals surface area contributed by atoms with Gasteiger partial charge in [-0.3, -0.25) is 9.48 Å². The first-order chi connectivity index (χ1) is 7.58. The molecule has 0 saturated carbocycles. The van der Waals surface area contributed by atoms with E-state index in [1.54, 1.807) is 14.0 Å². The highest BCUT2D eigenvalue weighted by molar-refractivity contribution is 5.75. The van der Waals surface area contributed by atoms with Crippen LogP contribution in [-0.4, -0.2) is 35.4 Å². The molecule has 1 aromatic rings. The molecule has 0 spiro atoms. The van der Waals surface area contributed by atoms with Gasteiger partial charge in [-0.25, -0.2) is 0 Å². The Balaban J connectivity index is 2.70. The fourth-order valence-corrected chi connectivity index (χ4v) is 1.56. The third kappa shape index (κ3) is 3.06. The van der Waals surface area contributed by atoms with E-state index in [-0.39, 0.29) is 12.0 Å². The normalized spacial score (nSPS) is 12.5. The first kappa shape index (κ1) is 12.7. The summed E-state index contributed by atoms with van der Waals surface area (Å²) in [5, 5.41) is 7.25. The molecule has 0 fully saturated rings. The highest BCUT2D eigenvalue weighted by atomic mass is 16.5. The van der Waals surface area contributed by atoms with Crippen molar-refractivity contribution in [3.05, 3.63) is 17.5 Å². The molecule has 1 atom stereocenters. The van der Waals surface area contributed by atoms with Gasteiger partial charge in [-0.05, 0) is 33.9 Å². The number of hydrogen-bond donors (Lipinski definition) is 1. The highest BCUT2D eigenvalue weighted by Gasteiger charge is 2.19. The molecule has 90 valence electrons. The molecular weight excluding hydrogens is 206 g/mol. The number of nitrogens with zero attached hydrogens (tertiary/aromatic N) is 2. The van der Waals surface area contributed by atoms with Crippen LogP contribution in [0.1, 0.15) is 18.3 Å². The minimum atomic E-state index is -0.349. The van der Waals surface area contributed by atoms with E-state index >= 15 is 0 Å². The number of aromatic nitrogens is 2. The number of nitrogens with one attached hydrogen (secondary N) is 1. The van der Waals surface area contributed by atoms with Crippen LogP contribution in [0.4, 0.5) is 0 Å². The molecule has 1 heterocycles. The van der Waals surface area contributed by atoms with Crippen molar-refractivity contribution >= 4 is 5.97 Å². The van der Waals surface area contributed by atoms with Gasteiger partial charge in [-0.2, -0.15) is 5.10 Å². The molecular formula is C11H19N3O2. The third-order valence-electron chi connectivity index (χ3n) is 2.38. The second-order valence-electron chi connectivity index (χ2n) is 3.70. The quantitative estimate of drug-likeness (QED) is 0.748. The number of likely N-dealkylation sites (N-methyl/N-ethyl adjacent to an activating group) is 1. The standard InChI is InChI=1S/C11H19N3O2/c1-5-16-11(15)10(12-4)7-14-9(3)6-8(2)13-14/h6,10,12H,5,7H2,1-4H3. The predicted molar refractivity (Wildman–Crippen MR) is 61.2 cm³/mol.